The van der Waals surface area contributed by atoms with E-state index in [2.05, 4.69) is 5.32 Å². The number of aromatic carboxylic acids is 1. The average Bonchev–Trinajstić information content (AvgIpc) is 2.45. The fourth-order valence-electron chi connectivity index (χ4n) is 1.97. The molecule has 0 aromatic heterocycles. The summed E-state index contributed by atoms with van der Waals surface area (Å²) in [6, 6.07) is 5.74. The summed E-state index contributed by atoms with van der Waals surface area (Å²) in [6.07, 6.45) is 2.74. The Bertz CT molecular complexity index is 465. The summed E-state index contributed by atoms with van der Waals surface area (Å²) in [7, 11) is 0. The summed E-state index contributed by atoms with van der Waals surface area (Å²) in [5.41, 5.74) is 0.581. The van der Waals surface area contributed by atoms with Crippen molar-refractivity contribution in [1.82, 2.24) is 0 Å². The molecule has 0 spiro atoms. The molecule has 0 aliphatic rings. The van der Waals surface area contributed by atoms with Crippen LogP contribution in [0.25, 0.3) is 0 Å². The minimum atomic E-state index is -1.26. The molecule has 0 aliphatic carbocycles. The van der Waals surface area contributed by atoms with Gasteiger partial charge in [-0.15, -0.1) is 0 Å². The summed E-state index contributed by atoms with van der Waals surface area (Å²) in [5.74, 6) is -1.45. The normalized spacial score (nSPS) is 11.4. The third-order valence-corrected chi connectivity index (χ3v) is 3.20. The van der Waals surface area contributed by atoms with E-state index in [4.69, 9.17) is 0 Å². The zero-order valence-electron chi connectivity index (χ0n) is 13.2. The van der Waals surface area contributed by atoms with Gasteiger partial charge in [0.25, 0.3) is 0 Å². The van der Waals surface area contributed by atoms with Crippen molar-refractivity contribution in [2.45, 2.75) is 51.6 Å². The fraction of sp³-hybridized carbons (Fsp3) is 0.500. The molecule has 6 heteroatoms. The van der Waals surface area contributed by atoms with Crippen LogP contribution in [0.1, 0.15) is 55.8 Å². The van der Waals surface area contributed by atoms with Gasteiger partial charge in [0.1, 0.15) is 6.17 Å². The van der Waals surface area contributed by atoms with Crippen molar-refractivity contribution < 1.29 is 48.6 Å². The molecule has 0 bridgehead atoms. The molecule has 0 fully saturated rings. The fourth-order valence-corrected chi connectivity index (χ4v) is 1.97. The molecule has 22 heavy (non-hydrogen) atoms. The minimum absolute atomic E-state index is 0. The van der Waals surface area contributed by atoms with Crippen molar-refractivity contribution in [1.29, 1.82) is 0 Å². The summed E-state index contributed by atoms with van der Waals surface area (Å²) in [4.78, 5) is 22.2. The van der Waals surface area contributed by atoms with Crippen molar-refractivity contribution in [2.24, 2.45) is 0 Å². The van der Waals surface area contributed by atoms with Crippen LogP contribution in [0.3, 0.4) is 0 Å². The van der Waals surface area contributed by atoms with Crippen LogP contribution in [0.4, 0.5) is 10.1 Å². The smallest absolute Gasteiger partial charge is 0.545 e. The van der Waals surface area contributed by atoms with Gasteiger partial charge in [-0.2, -0.15) is 0 Å². The Morgan fingerprint density at radius 2 is 1.77 bits per heavy atom. The van der Waals surface area contributed by atoms with E-state index in [1.807, 2.05) is 6.92 Å². The second-order valence-electron chi connectivity index (χ2n) is 5.04. The number of unbranched alkanes of at least 4 members (excludes halogenated alkanes) is 1. The number of hydrogen-bond acceptors (Lipinski definition) is 3. The number of carbonyl (C=O) groups is 2. The van der Waals surface area contributed by atoms with Gasteiger partial charge in [0.2, 0.25) is 5.91 Å². The van der Waals surface area contributed by atoms with Crippen LogP contribution in [0, 0.1) is 0 Å². The van der Waals surface area contributed by atoms with E-state index < -0.39 is 12.1 Å². The van der Waals surface area contributed by atoms with Gasteiger partial charge >= 0.3 is 29.6 Å². The summed E-state index contributed by atoms with van der Waals surface area (Å²) >= 11 is 0. The Hall–Kier alpha value is -0.910. The van der Waals surface area contributed by atoms with Gasteiger partial charge in [-0.3, -0.25) is 4.79 Å². The van der Waals surface area contributed by atoms with Crippen molar-refractivity contribution in [3.63, 3.8) is 0 Å². The Labute approximate surface area is 152 Å². The van der Waals surface area contributed by atoms with Crippen molar-refractivity contribution in [3.8, 4) is 0 Å². The Morgan fingerprint density at radius 1 is 1.18 bits per heavy atom. The SMILES string of the molecule is CCCCC(F)CCCC(=O)Nc1ccc(C(=O)[O-])cc1.[Na+]. The first kappa shape index (κ1) is 21.1. The molecule has 0 radical (unpaired) electrons. The van der Waals surface area contributed by atoms with Gasteiger partial charge in [0, 0.05) is 12.1 Å². The summed E-state index contributed by atoms with van der Waals surface area (Å²) in [5, 5.41) is 13.2. The van der Waals surface area contributed by atoms with Crippen LogP contribution in [0.2, 0.25) is 0 Å². The standard InChI is InChI=1S/C16H22FNO3.Na/c1-2-3-5-13(17)6-4-7-15(19)18-14-10-8-12(9-11-14)16(20)21;/h8-11,13H,2-7H2,1H3,(H,18,19)(H,20,21);/q;+1/p-1. The minimum Gasteiger partial charge on any atom is -0.545 e. The van der Waals surface area contributed by atoms with E-state index >= 15 is 0 Å². The molecule has 0 saturated carbocycles. The number of carboxylic acids is 1. The first-order valence-corrected chi connectivity index (χ1v) is 7.28. The molecule has 4 nitrogen and oxygen atoms in total. The van der Waals surface area contributed by atoms with E-state index in [1.165, 1.54) is 24.3 Å². The molecule has 1 aromatic carbocycles. The maximum Gasteiger partial charge on any atom is 1.00 e. The topological polar surface area (TPSA) is 69.2 Å². The number of hydrogen-bond donors (Lipinski definition) is 1. The van der Waals surface area contributed by atoms with Gasteiger partial charge in [0.15, 0.2) is 0 Å². The van der Waals surface area contributed by atoms with Gasteiger partial charge < -0.3 is 15.2 Å². The number of rotatable bonds is 9. The van der Waals surface area contributed by atoms with Crippen LogP contribution in [0.5, 0.6) is 0 Å². The average molecular weight is 317 g/mol. The Balaban J connectivity index is 0.00000441. The maximum absolute atomic E-state index is 13.4. The van der Waals surface area contributed by atoms with Gasteiger partial charge in [-0.1, -0.05) is 31.9 Å². The third kappa shape index (κ3) is 8.51. The number of benzene rings is 1. The Morgan fingerprint density at radius 3 is 2.32 bits per heavy atom. The van der Waals surface area contributed by atoms with E-state index in [0.29, 0.717) is 24.9 Å². The largest absolute Gasteiger partial charge is 1.00 e. The van der Waals surface area contributed by atoms with Crippen LogP contribution in [-0.2, 0) is 4.79 Å². The van der Waals surface area contributed by atoms with E-state index in [0.717, 1.165) is 12.8 Å². The number of amides is 1. The molecular formula is C16H21FNNaO3. The number of nitrogens with one attached hydrogen (secondary N) is 1. The first-order valence-electron chi connectivity index (χ1n) is 7.28. The molecular weight excluding hydrogens is 296 g/mol. The van der Waals surface area contributed by atoms with Gasteiger partial charge in [-0.25, -0.2) is 4.39 Å². The number of carbonyl (C=O) groups excluding carboxylic acids is 2. The molecule has 0 saturated heterocycles. The van der Waals surface area contributed by atoms with Gasteiger partial charge in [0.05, 0.1) is 5.97 Å². The van der Waals surface area contributed by atoms with Gasteiger partial charge in [-0.05, 0) is 37.0 Å². The quantitative estimate of drug-likeness (QED) is 0.635. The molecule has 1 atom stereocenters. The summed E-state index contributed by atoms with van der Waals surface area (Å²) in [6.45, 7) is 2.02. The van der Waals surface area contributed by atoms with Crippen molar-refractivity contribution in [2.75, 3.05) is 5.32 Å². The van der Waals surface area contributed by atoms with E-state index in [-0.39, 0.29) is 47.4 Å². The van der Waals surface area contributed by atoms with E-state index in [1.54, 1.807) is 0 Å². The van der Waals surface area contributed by atoms with Crippen molar-refractivity contribution in [3.05, 3.63) is 29.8 Å². The second kappa shape index (κ2) is 11.6. The number of anilines is 1. The van der Waals surface area contributed by atoms with Crippen LogP contribution < -0.4 is 40.0 Å². The predicted molar refractivity (Wildman–Crippen MR) is 77.7 cm³/mol. The third-order valence-electron chi connectivity index (χ3n) is 3.20. The van der Waals surface area contributed by atoms with Crippen LogP contribution >= 0.6 is 0 Å². The molecule has 1 unspecified atom stereocenters. The molecule has 0 aliphatic heterocycles. The molecule has 116 valence electrons. The Kier molecular flexibility index (Phi) is 11.1. The molecule has 0 heterocycles. The molecule has 1 N–H and O–H groups in total. The number of carboxylic acid groups (broad SMARTS) is 1. The number of halogens is 1. The second-order valence-corrected chi connectivity index (χ2v) is 5.04. The van der Waals surface area contributed by atoms with Crippen LogP contribution in [0.15, 0.2) is 24.3 Å². The van der Waals surface area contributed by atoms with Crippen molar-refractivity contribution >= 4 is 17.6 Å². The van der Waals surface area contributed by atoms with E-state index in [9.17, 15) is 19.1 Å². The summed E-state index contributed by atoms with van der Waals surface area (Å²) < 4.78 is 13.4. The predicted octanol–water partition coefficient (Wildman–Crippen LogP) is -0.309. The maximum atomic E-state index is 13.4. The first-order chi connectivity index (χ1) is 10.0. The zero-order chi connectivity index (χ0) is 15.7. The molecule has 1 aromatic rings. The zero-order valence-corrected chi connectivity index (χ0v) is 15.2. The van der Waals surface area contributed by atoms with Crippen LogP contribution in [-0.4, -0.2) is 18.0 Å². The monoisotopic (exact) mass is 317 g/mol. The molecule has 1 amide bonds. The molecule has 1 rings (SSSR count). The number of alkyl halides is 1.